The Morgan fingerprint density at radius 2 is 1.95 bits per heavy atom. The lowest BCUT2D eigenvalue weighted by molar-refractivity contribution is 0.566. The van der Waals surface area contributed by atoms with Crippen LogP contribution in [-0.4, -0.2) is 15.2 Å². The summed E-state index contributed by atoms with van der Waals surface area (Å²) in [5.74, 6) is 0.484. The molecule has 0 spiro atoms. The van der Waals surface area contributed by atoms with E-state index in [0.717, 1.165) is 28.6 Å². The predicted octanol–water partition coefficient (Wildman–Crippen LogP) is 4.46. The van der Waals surface area contributed by atoms with Gasteiger partial charge in [0.05, 0.1) is 0 Å². The zero-order chi connectivity index (χ0) is 14.9. The van der Waals surface area contributed by atoms with E-state index in [4.69, 9.17) is 16.0 Å². The van der Waals surface area contributed by atoms with Gasteiger partial charge < -0.3 is 9.40 Å². The molecule has 5 heteroatoms. The first-order valence-corrected chi connectivity index (χ1v) is 7.29. The molecule has 0 amide bonds. The highest BCUT2D eigenvalue weighted by molar-refractivity contribution is 6.31. The molecule has 4 nitrogen and oxygen atoms in total. The molecule has 22 heavy (non-hydrogen) atoms. The molecule has 0 aliphatic rings. The molecular weight excluding hydrogens is 298 g/mol. The molecule has 4 rings (SSSR count). The van der Waals surface area contributed by atoms with Crippen molar-refractivity contribution >= 4 is 22.5 Å². The van der Waals surface area contributed by atoms with Gasteiger partial charge >= 0.3 is 0 Å². The SMILES string of the molecule is Clc1ccc2[nH]c(-c3nnco3)c(Cc3ccccc3)c2c1. The number of hydrogen-bond donors (Lipinski definition) is 1. The highest BCUT2D eigenvalue weighted by Crippen LogP contribution is 2.32. The number of nitrogens with one attached hydrogen (secondary N) is 1. The second kappa shape index (κ2) is 5.31. The zero-order valence-corrected chi connectivity index (χ0v) is 12.3. The summed E-state index contributed by atoms with van der Waals surface area (Å²) in [4.78, 5) is 3.36. The molecule has 0 atom stereocenters. The second-order valence-corrected chi connectivity index (χ2v) is 5.51. The van der Waals surface area contributed by atoms with Crippen molar-refractivity contribution < 1.29 is 4.42 Å². The number of halogens is 1. The van der Waals surface area contributed by atoms with Crippen LogP contribution in [0.2, 0.25) is 5.02 Å². The summed E-state index contributed by atoms with van der Waals surface area (Å²) in [6, 6.07) is 16.1. The number of rotatable bonds is 3. The van der Waals surface area contributed by atoms with Crippen LogP contribution < -0.4 is 0 Å². The van der Waals surface area contributed by atoms with Crippen LogP contribution in [0.5, 0.6) is 0 Å². The number of hydrogen-bond acceptors (Lipinski definition) is 3. The summed E-state index contributed by atoms with van der Waals surface area (Å²) in [5, 5.41) is 9.58. The smallest absolute Gasteiger partial charge is 0.264 e. The molecular formula is C17H12ClN3O. The van der Waals surface area contributed by atoms with Crippen LogP contribution in [0.3, 0.4) is 0 Å². The van der Waals surface area contributed by atoms with Gasteiger partial charge in [0.15, 0.2) is 0 Å². The van der Waals surface area contributed by atoms with Crippen LogP contribution in [0.1, 0.15) is 11.1 Å². The Kier molecular flexibility index (Phi) is 3.16. The molecule has 0 aliphatic carbocycles. The second-order valence-electron chi connectivity index (χ2n) is 5.07. The van der Waals surface area contributed by atoms with Gasteiger partial charge in [-0.2, -0.15) is 0 Å². The van der Waals surface area contributed by atoms with Crippen molar-refractivity contribution in [3.8, 4) is 11.6 Å². The molecule has 2 aromatic carbocycles. The molecule has 4 aromatic rings. The molecule has 0 aliphatic heterocycles. The summed E-state index contributed by atoms with van der Waals surface area (Å²) < 4.78 is 5.37. The molecule has 0 radical (unpaired) electrons. The third kappa shape index (κ3) is 2.27. The maximum atomic E-state index is 6.16. The van der Waals surface area contributed by atoms with E-state index in [9.17, 15) is 0 Å². The summed E-state index contributed by atoms with van der Waals surface area (Å²) in [7, 11) is 0. The van der Waals surface area contributed by atoms with E-state index < -0.39 is 0 Å². The van der Waals surface area contributed by atoms with Crippen LogP contribution in [0, 0.1) is 0 Å². The molecule has 2 heterocycles. The number of aromatic amines is 1. The normalized spacial score (nSPS) is 11.1. The van der Waals surface area contributed by atoms with Crippen molar-refractivity contribution in [1.29, 1.82) is 0 Å². The fourth-order valence-corrected chi connectivity index (χ4v) is 2.84. The van der Waals surface area contributed by atoms with Crippen LogP contribution in [0.25, 0.3) is 22.5 Å². The van der Waals surface area contributed by atoms with Crippen molar-refractivity contribution in [1.82, 2.24) is 15.2 Å². The molecule has 0 saturated carbocycles. The standard InChI is InChI=1S/C17H12ClN3O/c18-12-6-7-15-13(9-12)14(8-11-4-2-1-3-5-11)16(20-15)17-21-19-10-22-17/h1-7,9-10,20H,8H2. The van der Waals surface area contributed by atoms with E-state index in [1.165, 1.54) is 12.0 Å². The lowest BCUT2D eigenvalue weighted by Crippen LogP contribution is -1.90. The highest BCUT2D eigenvalue weighted by atomic mass is 35.5. The van der Waals surface area contributed by atoms with E-state index in [1.54, 1.807) is 0 Å². The van der Waals surface area contributed by atoms with Gasteiger partial charge in [-0.15, -0.1) is 10.2 Å². The number of benzene rings is 2. The lowest BCUT2D eigenvalue weighted by Gasteiger charge is -2.03. The van der Waals surface area contributed by atoms with Crippen LogP contribution >= 0.6 is 11.6 Å². The minimum absolute atomic E-state index is 0.484. The zero-order valence-electron chi connectivity index (χ0n) is 11.6. The van der Waals surface area contributed by atoms with E-state index >= 15 is 0 Å². The topological polar surface area (TPSA) is 54.7 Å². The number of aromatic nitrogens is 3. The highest BCUT2D eigenvalue weighted by Gasteiger charge is 2.17. The average molecular weight is 310 g/mol. The van der Waals surface area contributed by atoms with Crippen molar-refractivity contribution in [2.24, 2.45) is 0 Å². The van der Waals surface area contributed by atoms with Crippen molar-refractivity contribution in [2.45, 2.75) is 6.42 Å². The van der Waals surface area contributed by atoms with Gasteiger partial charge in [0.2, 0.25) is 6.39 Å². The van der Waals surface area contributed by atoms with Gasteiger partial charge in [0.1, 0.15) is 5.69 Å². The molecule has 0 bridgehead atoms. The first-order valence-electron chi connectivity index (χ1n) is 6.92. The first-order chi connectivity index (χ1) is 10.8. The lowest BCUT2D eigenvalue weighted by atomic mass is 10.0. The Balaban J connectivity index is 1.93. The monoisotopic (exact) mass is 309 g/mol. The third-order valence-electron chi connectivity index (χ3n) is 3.67. The maximum Gasteiger partial charge on any atom is 0.264 e. The average Bonchev–Trinajstić information content (AvgIpc) is 3.17. The van der Waals surface area contributed by atoms with Crippen molar-refractivity contribution in [3.63, 3.8) is 0 Å². The molecule has 1 N–H and O–H groups in total. The molecule has 108 valence electrons. The predicted molar refractivity (Wildman–Crippen MR) is 85.8 cm³/mol. The largest absolute Gasteiger partial charge is 0.422 e. The minimum atomic E-state index is 0.484. The van der Waals surface area contributed by atoms with Gasteiger partial charge in [0, 0.05) is 22.3 Å². The Hall–Kier alpha value is -2.59. The van der Waals surface area contributed by atoms with Crippen molar-refractivity contribution in [3.05, 3.63) is 71.1 Å². The van der Waals surface area contributed by atoms with Gasteiger partial charge in [-0.3, -0.25) is 0 Å². The maximum absolute atomic E-state index is 6.16. The molecule has 0 saturated heterocycles. The first kappa shape index (κ1) is 13.1. The van der Waals surface area contributed by atoms with E-state index in [-0.39, 0.29) is 0 Å². The summed E-state index contributed by atoms with van der Waals surface area (Å²) in [5.41, 5.74) is 4.17. The van der Waals surface area contributed by atoms with Gasteiger partial charge in [-0.25, -0.2) is 0 Å². The Labute approximate surface area is 131 Å². The molecule has 2 aromatic heterocycles. The fourth-order valence-electron chi connectivity index (χ4n) is 2.67. The summed E-state index contributed by atoms with van der Waals surface area (Å²) >= 11 is 6.16. The fraction of sp³-hybridized carbons (Fsp3) is 0.0588. The molecule has 0 unspecified atom stereocenters. The Morgan fingerprint density at radius 3 is 2.73 bits per heavy atom. The van der Waals surface area contributed by atoms with Crippen LogP contribution in [0.15, 0.2) is 59.3 Å². The van der Waals surface area contributed by atoms with E-state index in [2.05, 4.69) is 27.3 Å². The quantitative estimate of drug-likeness (QED) is 0.608. The summed E-state index contributed by atoms with van der Waals surface area (Å²) in [6.45, 7) is 0. The number of H-pyrrole nitrogens is 1. The number of nitrogens with zero attached hydrogens (tertiary/aromatic N) is 2. The van der Waals surface area contributed by atoms with Gasteiger partial charge in [-0.1, -0.05) is 41.9 Å². The van der Waals surface area contributed by atoms with E-state index in [1.807, 2.05) is 36.4 Å². The van der Waals surface area contributed by atoms with Crippen molar-refractivity contribution in [2.75, 3.05) is 0 Å². The third-order valence-corrected chi connectivity index (χ3v) is 3.90. The van der Waals surface area contributed by atoms with Crippen LogP contribution in [-0.2, 0) is 6.42 Å². The van der Waals surface area contributed by atoms with E-state index in [0.29, 0.717) is 10.9 Å². The van der Waals surface area contributed by atoms with Crippen LogP contribution in [0.4, 0.5) is 0 Å². The van der Waals surface area contributed by atoms with Gasteiger partial charge in [-0.05, 0) is 29.3 Å². The molecule has 0 fully saturated rings. The Morgan fingerprint density at radius 1 is 1.09 bits per heavy atom. The van der Waals surface area contributed by atoms with Gasteiger partial charge in [0.25, 0.3) is 5.89 Å². The number of fused-ring (bicyclic) bond motifs is 1. The minimum Gasteiger partial charge on any atom is -0.422 e. The summed E-state index contributed by atoms with van der Waals surface area (Å²) in [6.07, 6.45) is 2.10. The Bertz CT molecular complexity index is 914.